The Morgan fingerprint density at radius 1 is 1.35 bits per heavy atom. The molecule has 3 rings (SSSR count). The molecule has 0 aliphatic carbocycles. The van der Waals surface area contributed by atoms with Gasteiger partial charge in [0.25, 0.3) is 0 Å². The smallest absolute Gasteiger partial charge is 0.216 e. The number of aryl methyl sites for hydroxylation is 2. The van der Waals surface area contributed by atoms with E-state index in [1.165, 1.54) is 16.8 Å². The molecule has 0 atom stereocenters. The molecule has 0 unspecified atom stereocenters. The van der Waals surface area contributed by atoms with Gasteiger partial charge in [-0.05, 0) is 49.8 Å². The SMILES string of the molecule is CCCCn1nc(C)c(C=Nn2c(-c3ccc(F)cc3)n[nH]c2=S)c1Cl. The third kappa shape index (κ3) is 3.76. The largest absolute Gasteiger partial charge is 0.253 e. The number of halogens is 2. The van der Waals surface area contributed by atoms with Crippen molar-refractivity contribution in [2.24, 2.45) is 5.10 Å². The van der Waals surface area contributed by atoms with Crippen LogP contribution in [0.4, 0.5) is 4.39 Å². The average molecular weight is 393 g/mol. The topological polar surface area (TPSA) is 63.8 Å². The van der Waals surface area contributed by atoms with Crippen LogP contribution in [0.3, 0.4) is 0 Å². The molecule has 26 heavy (non-hydrogen) atoms. The molecule has 136 valence electrons. The molecule has 3 aromatic rings. The molecule has 2 aromatic heterocycles. The van der Waals surface area contributed by atoms with Gasteiger partial charge in [0, 0.05) is 12.1 Å². The number of rotatable bonds is 6. The normalized spacial score (nSPS) is 11.5. The second-order valence-corrected chi connectivity index (χ2v) is 6.53. The number of unbranched alkanes of at least 4 members (excludes halogenated alkanes) is 1. The number of H-pyrrole nitrogens is 1. The van der Waals surface area contributed by atoms with Crippen molar-refractivity contribution in [3.63, 3.8) is 0 Å². The first-order valence-electron chi connectivity index (χ1n) is 8.22. The molecule has 0 radical (unpaired) electrons. The van der Waals surface area contributed by atoms with Gasteiger partial charge in [-0.3, -0.25) is 4.68 Å². The zero-order valence-corrected chi connectivity index (χ0v) is 16.0. The minimum absolute atomic E-state index is 0.320. The maximum atomic E-state index is 13.1. The van der Waals surface area contributed by atoms with Crippen LogP contribution in [0.1, 0.15) is 31.0 Å². The van der Waals surface area contributed by atoms with E-state index in [1.807, 2.05) is 6.92 Å². The second kappa shape index (κ2) is 7.92. The van der Waals surface area contributed by atoms with Gasteiger partial charge in [-0.2, -0.15) is 20.0 Å². The van der Waals surface area contributed by atoms with E-state index in [2.05, 4.69) is 27.3 Å². The minimum atomic E-state index is -0.320. The van der Waals surface area contributed by atoms with Gasteiger partial charge in [0.05, 0.1) is 17.5 Å². The van der Waals surface area contributed by atoms with Crippen LogP contribution in [-0.2, 0) is 6.54 Å². The molecule has 1 aromatic carbocycles. The van der Waals surface area contributed by atoms with Crippen LogP contribution in [-0.4, -0.2) is 30.9 Å². The molecule has 0 aliphatic rings. The standard InChI is InChI=1S/C17H18ClFN6S/c1-3-4-9-24-15(18)14(11(2)23-24)10-20-25-16(21-22-17(25)26)12-5-7-13(19)8-6-12/h5-8,10H,3-4,9H2,1-2H3,(H,22,26). The summed E-state index contributed by atoms with van der Waals surface area (Å²) >= 11 is 11.7. The number of benzene rings is 1. The fraction of sp³-hybridized carbons (Fsp3) is 0.294. The lowest BCUT2D eigenvalue weighted by Gasteiger charge is -2.02. The maximum Gasteiger partial charge on any atom is 0.216 e. The van der Waals surface area contributed by atoms with Crippen molar-refractivity contribution in [3.05, 3.63) is 51.3 Å². The summed E-state index contributed by atoms with van der Waals surface area (Å²) in [5, 5.41) is 16.3. The van der Waals surface area contributed by atoms with Crippen LogP contribution in [0, 0.1) is 17.5 Å². The van der Waals surface area contributed by atoms with E-state index >= 15 is 0 Å². The third-order valence-electron chi connectivity index (χ3n) is 3.89. The Hall–Kier alpha value is -2.32. The van der Waals surface area contributed by atoms with Gasteiger partial charge < -0.3 is 0 Å². The Balaban J connectivity index is 1.95. The Morgan fingerprint density at radius 3 is 2.77 bits per heavy atom. The predicted molar refractivity (Wildman–Crippen MR) is 103 cm³/mol. The number of aromatic nitrogens is 5. The first-order valence-corrected chi connectivity index (χ1v) is 9.00. The number of hydrogen-bond donors (Lipinski definition) is 1. The summed E-state index contributed by atoms with van der Waals surface area (Å²) in [5.41, 5.74) is 2.21. The monoisotopic (exact) mass is 392 g/mol. The molecule has 6 nitrogen and oxygen atoms in total. The fourth-order valence-electron chi connectivity index (χ4n) is 2.47. The quantitative estimate of drug-likeness (QED) is 0.493. The van der Waals surface area contributed by atoms with Crippen LogP contribution >= 0.6 is 23.8 Å². The van der Waals surface area contributed by atoms with E-state index in [9.17, 15) is 4.39 Å². The lowest BCUT2D eigenvalue weighted by Crippen LogP contribution is -2.00. The molecule has 1 N–H and O–H groups in total. The summed E-state index contributed by atoms with van der Waals surface area (Å²) in [5.74, 6) is 0.165. The number of nitrogens with zero attached hydrogens (tertiary/aromatic N) is 5. The van der Waals surface area contributed by atoms with E-state index in [0.717, 1.165) is 30.6 Å². The van der Waals surface area contributed by atoms with E-state index in [1.54, 1.807) is 23.0 Å². The maximum absolute atomic E-state index is 13.1. The molecule has 0 amide bonds. The van der Waals surface area contributed by atoms with Gasteiger partial charge in [0.1, 0.15) is 11.0 Å². The molecule has 0 fully saturated rings. The van der Waals surface area contributed by atoms with Gasteiger partial charge in [0.15, 0.2) is 5.82 Å². The zero-order valence-electron chi connectivity index (χ0n) is 14.4. The number of nitrogens with one attached hydrogen (secondary N) is 1. The average Bonchev–Trinajstić information content (AvgIpc) is 3.12. The van der Waals surface area contributed by atoms with Crippen molar-refractivity contribution < 1.29 is 4.39 Å². The molecule has 0 saturated heterocycles. The Bertz CT molecular complexity index is 986. The van der Waals surface area contributed by atoms with Crippen molar-refractivity contribution in [2.75, 3.05) is 0 Å². The zero-order chi connectivity index (χ0) is 18.7. The van der Waals surface area contributed by atoms with Crippen LogP contribution in [0.15, 0.2) is 29.4 Å². The minimum Gasteiger partial charge on any atom is -0.253 e. The highest BCUT2D eigenvalue weighted by atomic mass is 35.5. The molecule has 2 heterocycles. The highest BCUT2D eigenvalue weighted by Crippen LogP contribution is 2.20. The van der Waals surface area contributed by atoms with Crippen LogP contribution in [0.2, 0.25) is 5.15 Å². The predicted octanol–water partition coefficient (Wildman–Crippen LogP) is 4.59. The molecule has 0 aliphatic heterocycles. The van der Waals surface area contributed by atoms with Crippen molar-refractivity contribution in [2.45, 2.75) is 33.2 Å². The fourth-order valence-corrected chi connectivity index (χ4v) is 2.96. The van der Waals surface area contributed by atoms with Gasteiger partial charge in [-0.1, -0.05) is 24.9 Å². The lowest BCUT2D eigenvalue weighted by molar-refractivity contribution is 0.569. The first-order chi connectivity index (χ1) is 12.5. The summed E-state index contributed by atoms with van der Waals surface area (Å²) < 4.78 is 16.7. The van der Waals surface area contributed by atoms with Crippen LogP contribution in [0.5, 0.6) is 0 Å². The Morgan fingerprint density at radius 2 is 2.08 bits per heavy atom. The molecule has 0 spiro atoms. The van der Waals surface area contributed by atoms with E-state index in [-0.39, 0.29) is 5.82 Å². The summed E-state index contributed by atoms with van der Waals surface area (Å²) in [6, 6.07) is 5.96. The Labute approximate surface area is 160 Å². The summed E-state index contributed by atoms with van der Waals surface area (Å²) in [7, 11) is 0. The van der Waals surface area contributed by atoms with Crippen molar-refractivity contribution in [3.8, 4) is 11.4 Å². The Kier molecular flexibility index (Phi) is 5.63. The number of hydrogen-bond acceptors (Lipinski definition) is 4. The van der Waals surface area contributed by atoms with Crippen molar-refractivity contribution in [1.82, 2.24) is 24.7 Å². The van der Waals surface area contributed by atoms with Crippen LogP contribution < -0.4 is 0 Å². The van der Waals surface area contributed by atoms with Crippen molar-refractivity contribution >= 4 is 30.0 Å². The molecular formula is C17H18ClFN6S. The highest BCUT2D eigenvalue weighted by Gasteiger charge is 2.13. The van der Waals surface area contributed by atoms with Crippen LogP contribution in [0.25, 0.3) is 11.4 Å². The van der Waals surface area contributed by atoms with E-state index < -0.39 is 0 Å². The highest BCUT2D eigenvalue weighted by molar-refractivity contribution is 7.71. The molecule has 0 saturated carbocycles. The lowest BCUT2D eigenvalue weighted by atomic mass is 10.2. The van der Waals surface area contributed by atoms with Gasteiger partial charge >= 0.3 is 0 Å². The summed E-state index contributed by atoms with van der Waals surface area (Å²) in [6.07, 6.45) is 3.67. The molecule has 0 bridgehead atoms. The van der Waals surface area contributed by atoms with Gasteiger partial charge in [-0.15, -0.1) is 0 Å². The number of aromatic amines is 1. The van der Waals surface area contributed by atoms with E-state index in [0.29, 0.717) is 21.3 Å². The van der Waals surface area contributed by atoms with Crippen molar-refractivity contribution in [1.29, 1.82) is 0 Å². The summed E-state index contributed by atoms with van der Waals surface area (Å²) in [6.45, 7) is 4.76. The molecule has 9 heteroatoms. The first kappa shape index (κ1) is 18.5. The third-order valence-corrected chi connectivity index (χ3v) is 4.55. The van der Waals surface area contributed by atoms with E-state index in [4.69, 9.17) is 23.8 Å². The second-order valence-electron chi connectivity index (χ2n) is 5.78. The van der Waals surface area contributed by atoms with Gasteiger partial charge in [0.2, 0.25) is 4.77 Å². The van der Waals surface area contributed by atoms with Gasteiger partial charge in [-0.25, -0.2) is 9.49 Å². The summed E-state index contributed by atoms with van der Waals surface area (Å²) in [4.78, 5) is 0. The molecular weight excluding hydrogens is 375 g/mol.